The molecule has 0 N–H and O–H groups in total. The normalized spacial score (nSPS) is 14.3. The topological polar surface area (TPSA) is 15.5 Å². The number of aryl methyl sites for hydroxylation is 2. The number of benzene rings is 2. The number of allylic oxidation sites excluding steroid dienone is 8. The van der Waals surface area contributed by atoms with E-state index in [4.69, 9.17) is 0 Å². The molecule has 0 spiro atoms. The molecule has 10 rings (SSSR count). The summed E-state index contributed by atoms with van der Waals surface area (Å²) in [6.07, 6.45) is 68.7. The molecule has 2 aromatic carbocycles. The van der Waals surface area contributed by atoms with E-state index in [0.29, 0.717) is 0 Å². The summed E-state index contributed by atoms with van der Waals surface area (Å²) < 4.78 is 66.9. The second-order valence-corrected chi connectivity index (χ2v) is 21.0. The van der Waals surface area contributed by atoms with Gasteiger partial charge in [0.15, 0.2) is 49.6 Å². The first-order valence-electron chi connectivity index (χ1n) is 29.8. The van der Waals surface area contributed by atoms with Gasteiger partial charge in [-0.2, -0.15) is 9.13 Å². The van der Waals surface area contributed by atoms with E-state index in [2.05, 4.69) is 214 Å². The summed E-state index contributed by atoms with van der Waals surface area (Å²) in [6, 6.07) is 38.6. The summed E-state index contributed by atoms with van der Waals surface area (Å²) in [5.41, 5.74) is 7.43. The molecule has 0 fully saturated rings. The van der Waals surface area contributed by atoms with Gasteiger partial charge in [-0.3, -0.25) is 25.9 Å². The van der Waals surface area contributed by atoms with Crippen molar-refractivity contribution in [3.8, 4) is 33.6 Å². The predicted molar refractivity (Wildman–Crippen MR) is 320 cm³/mol. The number of para-hydroxylation sites is 2. The Bertz CT molecular complexity index is 2430. The van der Waals surface area contributed by atoms with Crippen molar-refractivity contribution in [2.45, 2.75) is 167 Å². The third-order valence-corrected chi connectivity index (χ3v) is 14.7. The number of rotatable bonds is 22. The zero-order chi connectivity index (χ0) is 56.5. The molecule has 6 aromatic rings. The second-order valence-electron chi connectivity index (χ2n) is 21.0. The first-order valence-corrected chi connectivity index (χ1v) is 29.8. The Morgan fingerprint density at radius 2 is 0.612 bits per heavy atom. The number of unbranched alkanes of at least 4 members (excludes halogenated alkanes) is 10. The van der Waals surface area contributed by atoms with Crippen LogP contribution in [-0.2, 0) is 47.2 Å². The minimum atomic E-state index is -3.67. The van der Waals surface area contributed by atoms with Crippen LogP contribution in [0.15, 0.2) is 207 Å². The minimum absolute atomic E-state index is 0. The zero-order valence-corrected chi connectivity index (χ0v) is 52.2. The fraction of sp³-hybridized carbons (Fsp3) is 0.412. The Morgan fingerprint density at radius 1 is 0.341 bits per heavy atom. The zero-order valence-electron chi connectivity index (χ0n) is 49.2. The summed E-state index contributed by atoms with van der Waals surface area (Å²) in [5, 5.41) is 0. The molecule has 4 nitrogen and oxygen atoms in total. The van der Waals surface area contributed by atoms with Gasteiger partial charge in [-0.05, 0) is 124 Å². The van der Waals surface area contributed by atoms with Crippen LogP contribution in [-0.4, -0.2) is 15.1 Å². The molecule has 4 heterocycles. The fourth-order valence-corrected chi connectivity index (χ4v) is 10.2. The molecule has 4 aliphatic rings. The van der Waals surface area contributed by atoms with Crippen molar-refractivity contribution in [3.63, 3.8) is 0 Å². The van der Waals surface area contributed by atoms with Gasteiger partial charge in [0.05, 0.1) is 0 Å². The number of hydrogen-bond donors (Lipinski definition) is 0. The molecule has 4 aromatic heterocycles. The van der Waals surface area contributed by atoms with Gasteiger partial charge in [0.1, 0.15) is 13.1 Å². The molecular formula is C68H88B2ClF8Fe2N4+. The molecule has 85 heavy (non-hydrogen) atoms. The van der Waals surface area contributed by atoms with E-state index in [-0.39, 0.29) is 56.0 Å². The molecular weight excluding hydrogens is 1190 g/mol. The van der Waals surface area contributed by atoms with Gasteiger partial charge in [-0.15, -0.1) is 0 Å². The van der Waals surface area contributed by atoms with Gasteiger partial charge in [0.25, 0.3) is 0 Å². The average molecular weight is 1280 g/mol. The molecule has 0 unspecified atom stereocenters. The van der Waals surface area contributed by atoms with Gasteiger partial charge < -0.3 is 21.8 Å². The standard InChI is InChI=1S/2C29H36N2.2C5H8.2BF3.ClH.2FH.2Fe/c2*1(3-6-12-26-13-9-10-14-26)2-4-11-21-30-22-17-27(18-23-30)28-19-24-31(25-20-28)29-15-7-5-8-16-29;2*1-2-4-5-3-1;2*2-1(3)4;;;;;/h2*5,7-9,13,15-20,22-26H,1-4,6,10-12,14,21H2;2*1-2H,3-5H2;;;3*1H;;/q2*+2;;;;;;;;;/p-3/t2*26-;;;;;;;;;/m11........./s1. The quantitative estimate of drug-likeness (QED) is 0.0212. The molecule has 0 saturated heterocycles. The van der Waals surface area contributed by atoms with Gasteiger partial charge in [-0.25, -0.2) is 9.13 Å². The first kappa shape index (κ1) is 79.9. The smallest absolute Gasteiger partial charge is 0.762 e. The fourth-order valence-electron chi connectivity index (χ4n) is 10.2. The van der Waals surface area contributed by atoms with Crippen LogP contribution in [0.25, 0.3) is 33.6 Å². The van der Waals surface area contributed by atoms with E-state index in [0.717, 1.165) is 24.9 Å². The van der Waals surface area contributed by atoms with Crippen molar-refractivity contribution < 1.29 is 100 Å². The van der Waals surface area contributed by atoms with Crippen molar-refractivity contribution in [2.24, 2.45) is 11.8 Å². The molecule has 0 bridgehead atoms. The van der Waals surface area contributed by atoms with Crippen molar-refractivity contribution in [1.29, 1.82) is 0 Å². The van der Waals surface area contributed by atoms with Crippen LogP contribution >= 0.6 is 0 Å². The Morgan fingerprint density at radius 3 is 0.871 bits per heavy atom. The van der Waals surface area contributed by atoms with Crippen molar-refractivity contribution in [3.05, 3.63) is 207 Å². The molecule has 2 atom stereocenters. The van der Waals surface area contributed by atoms with Crippen molar-refractivity contribution >= 4 is 15.1 Å². The molecule has 17 heteroatoms. The van der Waals surface area contributed by atoms with E-state index in [1.165, 1.54) is 188 Å². The summed E-state index contributed by atoms with van der Waals surface area (Å²) in [7, 11) is -7.33. The van der Waals surface area contributed by atoms with Crippen LogP contribution in [0.3, 0.4) is 0 Å². The van der Waals surface area contributed by atoms with Crippen LogP contribution in [0.2, 0.25) is 0 Å². The Labute approximate surface area is 532 Å². The number of aromatic nitrogens is 4. The molecule has 0 radical (unpaired) electrons. The molecule has 4 aliphatic carbocycles. The number of pyridine rings is 4. The SMILES string of the molecule is C1=CCCC1.C1=CCCC1.C1=C[C@@H](CCCCCCCC[n+]2ccc(-c3cc[n+](-c4ccccc4)cc3)cc2)CC1.C1=C[C@@H](CCCCCCCC[n+]2ccc(-c3cc[n+](-c4ccccc4)cc3)cc2)CC1.FB(F)F.FB(F)F.[Cl-].[F-].[F-].[Fe].[Fe]. The van der Waals surface area contributed by atoms with Gasteiger partial charge in [0.2, 0.25) is 11.4 Å². The molecule has 464 valence electrons. The number of nitrogens with zero attached hydrogens (tertiary/aromatic N) is 4. The van der Waals surface area contributed by atoms with Gasteiger partial charge in [0, 0.05) is 120 Å². The average Bonchev–Trinajstić information content (AvgIpc) is 4.49. The maximum absolute atomic E-state index is 9.67. The minimum Gasteiger partial charge on any atom is -1.00 e. The van der Waals surface area contributed by atoms with Crippen LogP contribution in [0.1, 0.15) is 154 Å². The maximum Gasteiger partial charge on any atom is 0.762 e. The Kier molecular flexibility index (Phi) is 47.9. The number of halogens is 9. The Balaban J connectivity index is 0.00000122. The predicted octanol–water partition coefficient (Wildman–Crippen LogP) is 9.45. The maximum atomic E-state index is 9.67. The third kappa shape index (κ3) is 36.6. The van der Waals surface area contributed by atoms with Crippen LogP contribution < -0.4 is 40.1 Å². The summed E-state index contributed by atoms with van der Waals surface area (Å²) in [6.45, 7) is 2.24. The summed E-state index contributed by atoms with van der Waals surface area (Å²) in [5.74, 6) is 1.78. The number of hydrogen-bond acceptors (Lipinski definition) is 0. The third-order valence-electron chi connectivity index (χ3n) is 14.7. The largest absolute Gasteiger partial charge is 1.00 e. The van der Waals surface area contributed by atoms with Crippen LogP contribution in [0.4, 0.5) is 25.9 Å². The molecule has 0 amide bonds. The van der Waals surface area contributed by atoms with Crippen LogP contribution in [0.5, 0.6) is 0 Å². The Hall–Kier alpha value is -5.10. The molecule has 0 aliphatic heterocycles. The first-order chi connectivity index (χ1) is 39.2. The van der Waals surface area contributed by atoms with Crippen molar-refractivity contribution in [1.82, 2.24) is 0 Å². The van der Waals surface area contributed by atoms with E-state index in [9.17, 15) is 25.9 Å². The van der Waals surface area contributed by atoms with Gasteiger partial charge >= 0.3 is 15.1 Å². The van der Waals surface area contributed by atoms with E-state index in [1.807, 2.05) is 12.1 Å². The van der Waals surface area contributed by atoms with E-state index in [1.54, 1.807) is 0 Å². The van der Waals surface area contributed by atoms with E-state index >= 15 is 0 Å². The van der Waals surface area contributed by atoms with E-state index < -0.39 is 15.1 Å². The second kappa shape index (κ2) is 51.0. The van der Waals surface area contributed by atoms with Crippen molar-refractivity contribution in [2.75, 3.05) is 0 Å². The molecule has 0 saturated carbocycles. The van der Waals surface area contributed by atoms with Crippen LogP contribution in [0, 0.1) is 11.8 Å². The van der Waals surface area contributed by atoms with Gasteiger partial charge in [-0.1, -0.05) is 136 Å². The monoisotopic (exact) mass is 1280 g/mol. The summed E-state index contributed by atoms with van der Waals surface area (Å²) >= 11 is 0. The summed E-state index contributed by atoms with van der Waals surface area (Å²) in [4.78, 5) is 0.